The van der Waals surface area contributed by atoms with E-state index in [2.05, 4.69) is 20.3 Å². The molecule has 3 aromatic heterocycles. The molecule has 0 fully saturated rings. The fourth-order valence-corrected chi connectivity index (χ4v) is 4.37. The van der Waals surface area contributed by atoms with Crippen molar-refractivity contribution in [1.29, 1.82) is 0 Å². The molecule has 0 bridgehead atoms. The Labute approximate surface area is 181 Å². The summed E-state index contributed by atoms with van der Waals surface area (Å²) in [7, 11) is -1.36. The summed E-state index contributed by atoms with van der Waals surface area (Å²) >= 11 is 0. The molecule has 1 unspecified atom stereocenters. The number of nitrogen functional groups attached to an aromatic ring is 1. The number of aromatic nitrogens is 4. The molecule has 3 N–H and O–H groups in total. The van der Waals surface area contributed by atoms with Crippen molar-refractivity contribution in [2.75, 3.05) is 11.1 Å². The first-order valence-corrected chi connectivity index (χ1v) is 10.7. The number of benzene rings is 2. The van der Waals surface area contributed by atoms with Gasteiger partial charge in [0, 0.05) is 40.8 Å². The maximum absolute atomic E-state index is 12.9. The van der Waals surface area contributed by atoms with Crippen LogP contribution in [0, 0.1) is 0 Å². The summed E-state index contributed by atoms with van der Waals surface area (Å²) in [5.41, 5.74) is 9.58. The van der Waals surface area contributed by atoms with Crippen molar-refractivity contribution in [3.05, 3.63) is 91.5 Å². The maximum Gasteiger partial charge on any atom is 0.158 e. The fourth-order valence-electron chi connectivity index (χ4n) is 3.27. The predicted octanol–water partition coefficient (Wildman–Crippen LogP) is 4.39. The topological polar surface area (TPSA) is 98.7 Å². The number of nitrogens with two attached hydrogens (primary N) is 1. The van der Waals surface area contributed by atoms with E-state index >= 15 is 0 Å². The monoisotopic (exact) mass is 426 g/mol. The Morgan fingerprint density at radius 3 is 2.61 bits per heavy atom. The lowest BCUT2D eigenvalue weighted by Crippen LogP contribution is -2.04. The summed E-state index contributed by atoms with van der Waals surface area (Å²) in [6, 6.07) is 22.5. The molecule has 0 spiro atoms. The molecule has 0 aliphatic heterocycles. The molecule has 0 radical (unpaired) electrons. The second-order valence-electron chi connectivity index (χ2n) is 6.88. The van der Waals surface area contributed by atoms with Crippen LogP contribution in [-0.2, 0) is 11.0 Å². The number of fused-ring (bicyclic) bond motifs is 1. The van der Waals surface area contributed by atoms with E-state index in [1.54, 1.807) is 16.4 Å². The van der Waals surface area contributed by atoms with E-state index in [0.29, 0.717) is 17.2 Å². The molecule has 0 aliphatic carbocycles. The predicted molar refractivity (Wildman–Crippen MR) is 123 cm³/mol. The number of rotatable bonds is 5. The summed E-state index contributed by atoms with van der Waals surface area (Å²) in [4.78, 5) is 14.0. The summed E-state index contributed by atoms with van der Waals surface area (Å²) in [6.07, 6.45) is 5.02. The minimum Gasteiger partial charge on any atom is -0.399 e. The lowest BCUT2D eigenvalue weighted by molar-refractivity contribution is 0.678. The number of nitrogens with one attached hydrogen (secondary N) is 1. The molecule has 2 aromatic carbocycles. The van der Waals surface area contributed by atoms with Crippen LogP contribution in [0.4, 0.5) is 17.2 Å². The van der Waals surface area contributed by atoms with Gasteiger partial charge in [-0.05, 0) is 42.5 Å². The SMILES string of the molecule is Nc1cccc(Nc2cc(-c3cnc4c(ccn4S(=O)c4ccccc4)c3)ncn2)c1. The molecule has 5 aromatic rings. The van der Waals surface area contributed by atoms with E-state index in [9.17, 15) is 4.21 Å². The highest BCUT2D eigenvalue weighted by atomic mass is 32.2. The molecule has 0 saturated carbocycles. The number of anilines is 3. The Kier molecular flexibility index (Phi) is 4.89. The van der Waals surface area contributed by atoms with Gasteiger partial charge in [0.15, 0.2) is 16.6 Å². The van der Waals surface area contributed by atoms with Crippen molar-refractivity contribution in [3.63, 3.8) is 0 Å². The molecule has 7 nitrogen and oxygen atoms in total. The van der Waals surface area contributed by atoms with E-state index in [1.807, 2.05) is 72.8 Å². The lowest BCUT2D eigenvalue weighted by atomic mass is 10.1. The standard InChI is InChI=1S/C23H18N6OS/c24-18-5-4-6-19(12-18)28-22-13-21(26-15-27-22)17-11-16-9-10-29(23(16)25-14-17)31(30)20-7-2-1-3-8-20/h1-15H,24H2,(H,26,27,28). The van der Waals surface area contributed by atoms with Gasteiger partial charge in [-0.1, -0.05) is 24.3 Å². The van der Waals surface area contributed by atoms with Gasteiger partial charge in [0.1, 0.15) is 12.1 Å². The third-order valence-corrected chi connectivity index (χ3v) is 6.07. The van der Waals surface area contributed by atoms with Crippen LogP contribution in [0.3, 0.4) is 0 Å². The summed E-state index contributed by atoms with van der Waals surface area (Å²) in [5.74, 6) is 0.651. The molecular weight excluding hydrogens is 408 g/mol. The first-order valence-electron chi connectivity index (χ1n) is 9.57. The van der Waals surface area contributed by atoms with Crippen molar-refractivity contribution >= 4 is 39.2 Å². The Balaban J connectivity index is 1.45. The Hall–Kier alpha value is -4.04. The molecule has 0 saturated heterocycles. The van der Waals surface area contributed by atoms with Gasteiger partial charge in [0.25, 0.3) is 0 Å². The van der Waals surface area contributed by atoms with Gasteiger partial charge < -0.3 is 11.1 Å². The van der Waals surface area contributed by atoms with Gasteiger partial charge in [-0.15, -0.1) is 0 Å². The third-order valence-electron chi connectivity index (χ3n) is 4.74. The average Bonchev–Trinajstić information content (AvgIpc) is 3.23. The van der Waals surface area contributed by atoms with Crippen molar-refractivity contribution in [3.8, 4) is 11.3 Å². The van der Waals surface area contributed by atoms with Crippen molar-refractivity contribution in [2.45, 2.75) is 4.90 Å². The van der Waals surface area contributed by atoms with Crippen LogP contribution in [0.5, 0.6) is 0 Å². The van der Waals surface area contributed by atoms with Crippen LogP contribution >= 0.6 is 0 Å². The molecule has 5 rings (SSSR count). The van der Waals surface area contributed by atoms with Crippen LogP contribution < -0.4 is 11.1 Å². The molecule has 152 valence electrons. The molecule has 31 heavy (non-hydrogen) atoms. The average molecular weight is 427 g/mol. The fraction of sp³-hybridized carbons (Fsp3) is 0. The van der Waals surface area contributed by atoms with Gasteiger partial charge in [-0.2, -0.15) is 0 Å². The van der Waals surface area contributed by atoms with Gasteiger partial charge in [0.05, 0.1) is 10.6 Å². The Morgan fingerprint density at radius 1 is 0.903 bits per heavy atom. The summed E-state index contributed by atoms with van der Waals surface area (Å²) in [6.45, 7) is 0. The zero-order valence-electron chi connectivity index (χ0n) is 16.3. The van der Waals surface area contributed by atoms with Crippen molar-refractivity contribution < 1.29 is 4.21 Å². The Bertz CT molecular complexity index is 1400. The van der Waals surface area contributed by atoms with Gasteiger partial charge >= 0.3 is 0 Å². The van der Waals surface area contributed by atoms with E-state index in [1.165, 1.54) is 6.33 Å². The van der Waals surface area contributed by atoms with Crippen LogP contribution in [0.25, 0.3) is 22.3 Å². The molecule has 8 heteroatoms. The van der Waals surface area contributed by atoms with Crippen LogP contribution in [0.1, 0.15) is 0 Å². The van der Waals surface area contributed by atoms with Gasteiger partial charge in [-0.25, -0.2) is 23.1 Å². The van der Waals surface area contributed by atoms with E-state index < -0.39 is 11.0 Å². The third kappa shape index (κ3) is 3.88. The zero-order valence-corrected chi connectivity index (χ0v) is 17.2. The van der Waals surface area contributed by atoms with E-state index in [-0.39, 0.29) is 0 Å². The van der Waals surface area contributed by atoms with Crippen LogP contribution in [-0.4, -0.2) is 23.1 Å². The second-order valence-corrected chi connectivity index (χ2v) is 8.24. The lowest BCUT2D eigenvalue weighted by Gasteiger charge is -2.08. The number of pyridine rings is 1. The van der Waals surface area contributed by atoms with Crippen molar-refractivity contribution in [1.82, 2.24) is 18.9 Å². The molecule has 3 heterocycles. The number of nitrogens with zero attached hydrogens (tertiary/aromatic N) is 4. The highest BCUT2D eigenvalue weighted by Crippen LogP contribution is 2.25. The van der Waals surface area contributed by atoms with Crippen molar-refractivity contribution in [2.24, 2.45) is 0 Å². The van der Waals surface area contributed by atoms with Gasteiger partial charge in [0.2, 0.25) is 0 Å². The largest absolute Gasteiger partial charge is 0.399 e. The smallest absolute Gasteiger partial charge is 0.158 e. The minimum absolute atomic E-state index is 0.651. The highest BCUT2D eigenvalue weighted by molar-refractivity contribution is 7.83. The number of hydrogen-bond acceptors (Lipinski definition) is 6. The minimum atomic E-state index is -1.36. The molecule has 0 amide bonds. The van der Waals surface area contributed by atoms with Crippen LogP contribution in [0.15, 0.2) is 96.4 Å². The van der Waals surface area contributed by atoms with Crippen LogP contribution in [0.2, 0.25) is 0 Å². The molecule has 0 aliphatic rings. The molecular formula is C23H18N6OS. The zero-order chi connectivity index (χ0) is 21.2. The van der Waals surface area contributed by atoms with Gasteiger partial charge in [-0.3, -0.25) is 0 Å². The second kappa shape index (κ2) is 8.00. The first-order chi connectivity index (χ1) is 15.2. The summed E-state index contributed by atoms with van der Waals surface area (Å²) in [5, 5.41) is 4.11. The normalized spacial score (nSPS) is 12.0. The Morgan fingerprint density at radius 2 is 1.77 bits per heavy atom. The highest BCUT2D eigenvalue weighted by Gasteiger charge is 2.12. The van der Waals surface area contributed by atoms with E-state index in [0.717, 1.165) is 27.2 Å². The molecule has 1 atom stereocenters. The number of hydrogen-bond donors (Lipinski definition) is 2. The quantitative estimate of drug-likeness (QED) is 0.405. The van der Waals surface area contributed by atoms with E-state index in [4.69, 9.17) is 5.73 Å². The maximum atomic E-state index is 12.9. The first kappa shape index (κ1) is 19.0. The summed E-state index contributed by atoms with van der Waals surface area (Å²) < 4.78 is 14.6.